The Balaban J connectivity index is 1.71. The zero-order valence-corrected chi connectivity index (χ0v) is 10.2. The van der Waals surface area contributed by atoms with E-state index >= 15 is 0 Å². The lowest BCUT2D eigenvalue weighted by Crippen LogP contribution is -2.33. The molecule has 4 nitrogen and oxygen atoms in total. The van der Waals surface area contributed by atoms with Gasteiger partial charge in [0.25, 0.3) is 0 Å². The molecule has 1 aromatic heterocycles. The van der Waals surface area contributed by atoms with E-state index in [9.17, 15) is 0 Å². The summed E-state index contributed by atoms with van der Waals surface area (Å²) >= 11 is 0. The highest BCUT2D eigenvalue weighted by Crippen LogP contribution is 2.11. The van der Waals surface area contributed by atoms with Gasteiger partial charge in [0.2, 0.25) is 0 Å². The van der Waals surface area contributed by atoms with Crippen LogP contribution < -0.4 is 10.6 Å². The quantitative estimate of drug-likeness (QED) is 0.782. The predicted molar refractivity (Wildman–Crippen MR) is 65.2 cm³/mol. The monoisotopic (exact) mass is 222 g/mol. The summed E-state index contributed by atoms with van der Waals surface area (Å²) in [5.74, 6) is 0. The smallest absolute Gasteiger partial charge is 0.0518 e. The molecule has 0 aliphatic carbocycles. The second kappa shape index (κ2) is 5.46. The Kier molecular flexibility index (Phi) is 3.96. The van der Waals surface area contributed by atoms with Crippen LogP contribution in [0.4, 0.5) is 0 Å². The van der Waals surface area contributed by atoms with Crippen molar-refractivity contribution in [1.82, 2.24) is 20.4 Å². The number of hydrogen-bond acceptors (Lipinski definition) is 3. The van der Waals surface area contributed by atoms with Crippen LogP contribution in [0.2, 0.25) is 0 Å². The average Bonchev–Trinajstić information content (AvgIpc) is 2.87. The van der Waals surface area contributed by atoms with Gasteiger partial charge in [-0.1, -0.05) is 0 Å². The molecule has 1 saturated heterocycles. The lowest BCUT2D eigenvalue weighted by molar-refractivity contribution is 0.434. The van der Waals surface area contributed by atoms with Crippen LogP contribution in [0.15, 0.2) is 12.3 Å². The maximum Gasteiger partial charge on any atom is 0.0518 e. The highest BCUT2D eigenvalue weighted by atomic mass is 15.3. The van der Waals surface area contributed by atoms with Gasteiger partial charge in [-0.2, -0.15) is 5.10 Å². The summed E-state index contributed by atoms with van der Waals surface area (Å²) in [4.78, 5) is 0. The highest BCUT2D eigenvalue weighted by molar-refractivity contribution is 4.99. The molecule has 1 fully saturated rings. The molecule has 4 heteroatoms. The molecule has 1 aromatic rings. The average molecular weight is 222 g/mol. The highest BCUT2D eigenvalue weighted by Gasteiger charge is 2.16. The van der Waals surface area contributed by atoms with Gasteiger partial charge in [-0.3, -0.25) is 4.68 Å². The number of aromatic nitrogens is 2. The van der Waals surface area contributed by atoms with Gasteiger partial charge in [-0.25, -0.2) is 0 Å². The van der Waals surface area contributed by atoms with Crippen molar-refractivity contribution < 1.29 is 0 Å². The van der Waals surface area contributed by atoms with Crippen LogP contribution >= 0.6 is 0 Å². The van der Waals surface area contributed by atoms with Crippen LogP contribution in [0.1, 0.15) is 31.9 Å². The van der Waals surface area contributed by atoms with Gasteiger partial charge in [0.15, 0.2) is 0 Å². The second-order valence-electron chi connectivity index (χ2n) is 4.76. The van der Waals surface area contributed by atoms with Crippen molar-refractivity contribution in [3.05, 3.63) is 18.0 Å². The molecule has 0 aromatic carbocycles. The molecule has 1 aliphatic heterocycles. The molecule has 2 rings (SSSR count). The van der Waals surface area contributed by atoms with Gasteiger partial charge < -0.3 is 10.6 Å². The minimum Gasteiger partial charge on any atom is -0.314 e. The normalized spacial score (nSPS) is 22.5. The molecule has 0 saturated carbocycles. The first-order chi connectivity index (χ1) is 7.75. The SMILES string of the molecule is CC(CC1CCCN1)NCc1ccnn1C. The first kappa shape index (κ1) is 11.6. The number of aryl methyl sites for hydroxylation is 1. The predicted octanol–water partition coefficient (Wildman–Crippen LogP) is 1.04. The Morgan fingerprint density at radius 1 is 1.69 bits per heavy atom. The van der Waals surface area contributed by atoms with E-state index in [0.717, 1.165) is 6.54 Å². The Morgan fingerprint density at radius 2 is 2.56 bits per heavy atom. The van der Waals surface area contributed by atoms with Crippen molar-refractivity contribution in [3.63, 3.8) is 0 Å². The third-order valence-corrected chi connectivity index (χ3v) is 3.35. The molecule has 2 heterocycles. The van der Waals surface area contributed by atoms with Crippen molar-refractivity contribution >= 4 is 0 Å². The van der Waals surface area contributed by atoms with Crippen molar-refractivity contribution in [2.24, 2.45) is 7.05 Å². The molecule has 0 bridgehead atoms. The van der Waals surface area contributed by atoms with Gasteiger partial charge in [-0.15, -0.1) is 0 Å². The van der Waals surface area contributed by atoms with Gasteiger partial charge in [-0.05, 0) is 38.8 Å². The standard InChI is InChI=1S/C12H22N4/c1-10(8-11-4-3-6-13-11)14-9-12-5-7-15-16(12)2/h5,7,10-11,13-14H,3-4,6,8-9H2,1-2H3. The largest absolute Gasteiger partial charge is 0.314 e. The number of hydrogen-bond donors (Lipinski definition) is 2. The first-order valence-corrected chi connectivity index (χ1v) is 6.19. The summed E-state index contributed by atoms with van der Waals surface area (Å²) in [6.07, 6.45) is 5.73. The van der Waals surface area contributed by atoms with Gasteiger partial charge in [0, 0.05) is 31.9 Å². The third kappa shape index (κ3) is 3.06. The van der Waals surface area contributed by atoms with E-state index in [0.29, 0.717) is 12.1 Å². The van der Waals surface area contributed by atoms with Crippen LogP contribution in [0.25, 0.3) is 0 Å². The molecule has 2 unspecified atom stereocenters. The molecule has 1 aliphatic rings. The number of rotatable bonds is 5. The minimum absolute atomic E-state index is 0.561. The van der Waals surface area contributed by atoms with E-state index in [1.165, 1.54) is 31.5 Å². The van der Waals surface area contributed by atoms with E-state index in [-0.39, 0.29) is 0 Å². The molecule has 90 valence electrons. The summed E-state index contributed by atoms with van der Waals surface area (Å²) in [5.41, 5.74) is 1.24. The fourth-order valence-electron chi connectivity index (χ4n) is 2.32. The topological polar surface area (TPSA) is 41.9 Å². The van der Waals surface area contributed by atoms with Gasteiger partial charge in [0.1, 0.15) is 0 Å². The summed E-state index contributed by atoms with van der Waals surface area (Å²) in [7, 11) is 1.99. The molecule has 0 spiro atoms. The van der Waals surface area contributed by atoms with E-state index < -0.39 is 0 Å². The number of nitrogens with zero attached hydrogens (tertiary/aromatic N) is 2. The molecular weight excluding hydrogens is 200 g/mol. The van der Waals surface area contributed by atoms with Gasteiger partial charge in [0.05, 0.1) is 5.69 Å². The summed E-state index contributed by atoms with van der Waals surface area (Å²) in [6, 6.07) is 3.34. The molecule has 0 radical (unpaired) electrons. The zero-order valence-electron chi connectivity index (χ0n) is 10.2. The third-order valence-electron chi connectivity index (χ3n) is 3.35. The molecule has 16 heavy (non-hydrogen) atoms. The Labute approximate surface area is 97.4 Å². The summed E-state index contributed by atoms with van der Waals surface area (Å²) in [6.45, 7) is 4.36. The fourth-order valence-corrected chi connectivity index (χ4v) is 2.32. The Morgan fingerprint density at radius 3 is 3.19 bits per heavy atom. The fraction of sp³-hybridized carbons (Fsp3) is 0.750. The lowest BCUT2D eigenvalue weighted by Gasteiger charge is -2.18. The van der Waals surface area contributed by atoms with Crippen LogP contribution in [-0.2, 0) is 13.6 Å². The molecular formula is C12H22N4. The van der Waals surface area contributed by atoms with Crippen LogP contribution in [0.5, 0.6) is 0 Å². The second-order valence-corrected chi connectivity index (χ2v) is 4.76. The Bertz CT molecular complexity index is 315. The summed E-state index contributed by atoms with van der Waals surface area (Å²) < 4.78 is 1.92. The maximum atomic E-state index is 4.16. The van der Waals surface area contributed by atoms with Crippen LogP contribution in [0.3, 0.4) is 0 Å². The van der Waals surface area contributed by atoms with Crippen LogP contribution in [-0.4, -0.2) is 28.4 Å². The van der Waals surface area contributed by atoms with Crippen LogP contribution in [0, 0.1) is 0 Å². The van der Waals surface area contributed by atoms with E-state index in [2.05, 4.69) is 28.7 Å². The Hall–Kier alpha value is -0.870. The van der Waals surface area contributed by atoms with E-state index in [4.69, 9.17) is 0 Å². The molecule has 0 amide bonds. The van der Waals surface area contributed by atoms with E-state index in [1.807, 2.05) is 17.9 Å². The van der Waals surface area contributed by atoms with Crippen molar-refractivity contribution in [1.29, 1.82) is 0 Å². The zero-order chi connectivity index (χ0) is 11.4. The minimum atomic E-state index is 0.561. The van der Waals surface area contributed by atoms with Crippen molar-refractivity contribution in [3.8, 4) is 0 Å². The molecule has 2 atom stereocenters. The maximum absolute atomic E-state index is 4.16. The van der Waals surface area contributed by atoms with Crippen molar-refractivity contribution in [2.75, 3.05) is 6.54 Å². The van der Waals surface area contributed by atoms with Gasteiger partial charge >= 0.3 is 0 Å². The lowest BCUT2D eigenvalue weighted by atomic mass is 10.1. The van der Waals surface area contributed by atoms with E-state index in [1.54, 1.807) is 0 Å². The first-order valence-electron chi connectivity index (χ1n) is 6.19. The van der Waals surface area contributed by atoms with Crippen molar-refractivity contribution in [2.45, 2.75) is 44.8 Å². The summed E-state index contributed by atoms with van der Waals surface area (Å²) in [5, 5.41) is 11.2. The number of nitrogens with one attached hydrogen (secondary N) is 2. The molecule has 2 N–H and O–H groups in total.